The Morgan fingerprint density at radius 3 is 3.00 bits per heavy atom. The number of carbonyl (C=O) groups is 2. The summed E-state index contributed by atoms with van der Waals surface area (Å²) in [6.07, 6.45) is 1.76. The number of amides is 1. The van der Waals surface area contributed by atoms with Gasteiger partial charge in [0.25, 0.3) is 0 Å². The topological polar surface area (TPSA) is 76.1 Å². The third-order valence-electron chi connectivity index (χ3n) is 2.25. The maximum absolute atomic E-state index is 11.4. The average molecular weight is 211 g/mol. The van der Waals surface area contributed by atoms with Crippen molar-refractivity contribution in [3.05, 3.63) is 23.8 Å². The molecule has 2 heterocycles. The molecule has 6 heteroatoms. The van der Waals surface area contributed by atoms with E-state index < -0.39 is 12.2 Å². The Bertz CT molecular complexity index is 384. The normalized spacial score (nSPS) is 23.9. The fourth-order valence-corrected chi connectivity index (χ4v) is 1.55. The van der Waals surface area contributed by atoms with Crippen molar-refractivity contribution < 1.29 is 24.2 Å². The van der Waals surface area contributed by atoms with Crippen molar-refractivity contribution in [2.24, 2.45) is 0 Å². The third kappa shape index (κ3) is 1.25. The Morgan fingerprint density at radius 2 is 2.47 bits per heavy atom. The number of esters is 1. The van der Waals surface area contributed by atoms with Crippen LogP contribution >= 0.6 is 0 Å². The first kappa shape index (κ1) is 9.57. The van der Waals surface area contributed by atoms with Gasteiger partial charge in [0.2, 0.25) is 5.91 Å². The summed E-state index contributed by atoms with van der Waals surface area (Å²) >= 11 is 0. The first-order valence-electron chi connectivity index (χ1n) is 4.31. The zero-order chi connectivity index (χ0) is 11.0. The fraction of sp³-hybridized carbons (Fsp3) is 0.333. The van der Waals surface area contributed by atoms with Crippen molar-refractivity contribution in [2.45, 2.75) is 12.6 Å². The maximum Gasteiger partial charge on any atom is 0.358 e. The summed E-state index contributed by atoms with van der Waals surface area (Å²) in [5, 5.41) is 8.61. The second-order valence-corrected chi connectivity index (χ2v) is 3.06. The number of ether oxygens (including phenoxy) is 2. The maximum atomic E-state index is 11.4. The first-order valence-corrected chi connectivity index (χ1v) is 4.31. The van der Waals surface area contributed by atoms with E-state index in [-0.39, 0.29) is 23.8 Å². The van der Waals surface area contributed by atoms with Gasteiger partial charge in [-0.05, 0) is 0 Å². The zero-order valence-electron chi connectivity index (χ0n) is 7.97. The predicted molar refractivity (Wildman–Crippen MR) is 47.1 cm³/mol. The summed E-state index contributed by atoms with van der Waals surface area (Å²) in [6, 6.07) is 0. The lowest BCUT2D eigenvalue weighted by Gasteiger charge is -2.32. The molecule has 0 aromatic rings. The molecule has 0 aromatic carbocycles. The molecule has 0 unspecified atom stereocenters. The summed E-state index contributed by atoms with van der Waals surface area (Å²) in [4.78, 5) is 23.8. The van der Waals surface area contributed by atoms with Crippen LogP contribution in [-0.2, 0) is 19.1 Å². The number of hydrogen-bond acceptors (Lipinski definition) is 5. The van der Waals surface area contributed by atoms with Crippen LogP contribution in [0, 0.1) is 0 Å². The summed E-state index contributed by atoms with van der Waals surface area (Å²) in [6.45, 7) is 0. The molecule has 1 N–H and O–H groups in total. The molecule has 0 aromatic heterocycles. The van der Waals surface area contributed by atoms with Crippen LogP contribution in [0.5, 0.6) is 0 Å². The van der Waals surface area contributed by atoms with Crippen molar-refractivity contribution >= 4 is 11.9 Å². The van der Waals surface area contributed by atoms with Crippen LogP contribution in [0.2, 0.25) is 0 Å². The minimum atomic E-state index is -0.654. The van der Waals surface area contributed by atoms with Gasteiger partial charge >= 0.3 is 5.97 Å². The van der Waals surface area contributed by atoms with E-state index >= 15 is 0 Å². The molecule has 0 spiro atoms. The number of fused-ring (bicyclic) bond motifs is 1. The average Bonchev–Trinajstić information content (AvgIpc) is 2.50. The monoisotopic (exact) mass is 211 g/mol. The molecule has 1 atom stereocenters. The van der Waals surface area contributed by atoms with Crippen LogP contribution in [-0.4, -0.2) is 35.2 Å². The Labute approximate surface area is 85.4 Å². The Kier molecular flexibility index (Phi) is 2.11. The molecular formula is C9H9NO5. The van der Waals surface area contributed by atoms with Gasteiger partial charge in [-0.15, -0.1) is 0 Å². The molecule has 15 heavy (non-hydrogen) atoms. The van der Waals surface area contributed by atoms with Crippen LogP contribution in [0.1, 0.15) is 6.42 Å². The van der Waals surface area contributed by atoms with E-state index in [1.54, 1.807) is 0 Å². The minimum absolute atomic E-state index is 0.0454. The van der Waals surface area contributed by atoms with Crippen molar-refractivity contribution in [3.63, 3.8) is 0 Å². The lowest BCUT2D eigenvalue weighted by molar-refractivity contribution is -0.158. The Hall–Kier alpha value is -1.98. The number of aliphatic hydroxyl groups is 1. The fourth-order valence-electron chi connectivity index (χ4n) is 1.55. The zero-order valence-corrected chi connectivity index (χ0v) is 7.97. The second-order valence-electron chi connectivity index (χ2n) is 3.06. The SMILES string of the molecule is COC(=O)C1=C(/C=C\O)O[C@@H]2CC(=O)N12. The van der Waals surface area contributed by atoms with Crippen LogP contribution in [0.15, 0.2) is 23.8 Å². The molecule has 0 saturated carbocycles. The van der Waals surface area contributed by atoms with E-state index in [4.69, 9.17) is 9.84 Å². The molecule has 1 amide bonds. The molecule has 80 valence electrons. The number of aliphatic hydroxyl groups excluding tert-OH is 1. The second kappa shape index (κ2) is 3.30. The summed E-state index contributed by atoms with van der Waals surface area (Å²) in [5.41, 5.74) is 0.0454. The van der Waals surface area contributed by atoms with Crippen LogP contribution in [0.3, 0.4) is 0 Å². The number of rotatable bonds is 2. The third-order valence-corrected chi connectivity index (χ3v) is 2.25. The molecule has 0 bridgehead atoms. The summed E-state index contributed by atoms with van der Waals surface area (Å²) in [5.74, 6) is -0.694. The van der Waals surface area contributed by atoms with Crippen molar-refractivity contribution in [1.82, 2.24) is 4.90 Å². The lowest BCUT2D eigenvalue weighted by Crippen LogP contribution is -2.50. The highest BCUT2D eigenvalue weighted by Crippen LogP contribution is 2.36. The minimum Gasteiger partial charge on any atom is -0.515 e. The van der Waals surface area contributed by atoms with E-state index in [0.717, 1.165) is 6.26 Å². The highest BCUT2D eigenvalue weighted by molar-refractivity contribution is 5.98. The van der Waals surface area contributed by atoms with Gasteiger partial charge < -0.3 is 14.6 Å². The predicted octanol–water partition coefficient (Wildman–Crippen LogP) is 0.0313. The Balaban J connectivity index is 2.35. The molecule has 2 aliphatic rings. The lowest BCUT2D eigenvalue weighted by atomic mass is 10.1. The molecule has 0 aliphatic carbocycles. The molecule has 1 fully saturated rings. The number of carbonyl (C=O) groups excluding carboxylic acids is 2. The smallest absolute Gasteiger partial charge is 0.358 e. The molecule has 1 saturated heterocycles. The van der Waals surface area contributed by atoms with Gasteiger partial charge in [0, 0.05) is 6.08 Å². The van der Waals surface area contributed by atoms with Crippen LogP contribution in [0.25, 0.3) is 0 Å². The number of nitrogens with zero attached hydrogens (tertiary/aromatic N) is 1. The van der Waals surface area contributed by atoms with Crippen LogP contribution in [0.4, 0.5) is 0 Å². The number of methoxy groups -OCH3 is 1. The van der Waals surface area contributed by atoms with E-state index in [0.29, 0.717) is 0 Å². The van der Waals surface area contributed by atoms with Gasteiger partial charge in [0.15, 0.2) is 17.7 Å². The molecule has 2 aliphatic heterocycles. The van der Waals surface area contributed by atoms with Gasteiger partial charge in [0.05, 0.1) is 19.8 Å². The largest absolute Gasteiger partial charge is 0.515 e. The van der Waals surface area contributed by atoms with E-state index in [9.17, 15) is 9.59 Å². The van der Waals surface area contributed by atoms with Gasteiger partial charge in [-0.1, -0.05) is 0 Å². The van der Waals surface area contributed by atoms with Gasteiger partial charge in [-0.2, -0.15) is 0 Å². The Morgan fingerprint density at radius 1 is 1.73 bits per heavy atom. The highest BCUT2D eigenvalue weighted by Gasteiger charge is 2.49. The highest BCUT2D eigenvalue weighted by atomic mass is 16.5. The van der Waals surface area contributed by atoms with Gasteiger partial charge in [0.1, 0.15) is 0 Å². The summed E-state index contributed by atoms with van der Waals surface area (Å²) < 4.78 is 9.77. The molecule has 6 nitrogen and oxygen atoms in total. The van der Waals surface area contributed by atoms with Crippen molar-refractivity contribution in [2.75, 3.05) is 7.11 Å². The molecule has 2 rings (SSSR count). The standard InChI is InChI=1S/C9H9NO5/c1-14-9(13)8-5(2-3-11)15-7-4-6(12)10(7)8/h2-3,7,11H,4H2,1H3/b3-2-/t7-/m1/s1. The van der Waals surface area contributed by atoms with Crippen LogP contribution < -0.4 is 0 Å². The molecular weight excluding hydrogens is 202 g/mol. The van der Waals surface area contributed by atoms with Crippen molar-refractivity contribution in [3.8, 4) is 0 Å². The summed E-state index contributed by atoms with van der Waals surface area (Å²) in [7, 11) is 1.22. The number of β-lactam (4-membered cyclic amide) rings is 1. The quantitative estimate of drug-likeness (QED) is 0.396. The number of allylic oxidation sites excluding steroid dienone is 1. The van der Waals surface area contributed by atoms with Gasteiger partial charge in [-0.25, -0.2) is 4.79 Å². The van der Waals surface area contributed by atoms with E-state index in [1.807, 2.05) is 0 Å². The number of hydrogen-bond donors (Lipinski definition) is 1. The molecule has 0 radical (unpaired) electrons. The van der Waals surface area contributed by atoms with E-state index in [2.05, 4.69) is 4.74 Å². The van der Waals surface area contributed by atoms with Crippen molar-refractivity contribution in [1.29, 1.82) is 0 Å². The van der Waals surface area contributed by atoms with Gasteiger partial charge in [-0.3, -0.25) is 9.69 Å². The first-order chi connectivity index (χ1) is 7.19. The van der Waals surface area contributed by atoms with E-state index in [1.165, 1.54) is 18.1 Å².